The van der Waals surface area contributed by atoms with Crippen molar-refractivity contribution >= 4 is 34.9 Å². The van der Waals surface area contributed by atoms with Gasteiger partial charge in [0.2, 0.25) is 0 Å². The number of hydrogen-bond donors (Lipinski definition) is 3. The van der Waals surface area contributed by atoms with Crippen LogP contribution < -0.4 is 20.1 Å². The van der Waals surface area contributed by atoms with Crippen molar-refractivity contribution in [2.24, 2.45) is 5.41 Å². The van der Waals surface area contributed by atoms with Gasteiger partial charge in [-0.25, -0.2) is 4.39 Å². The molecule has 1 amide bonds. The molecule has 2 unspecified atom stereocenters. The number of aliphatic hydroxyl groups excluding tert-OH is 1. The Morgan fingerprint density at radius 3 is 2.61 bits per heavy atom. The lowest BCUT2D eigenvalue weighted by molar-refractivity contribution is -0.142. The molecule has 1 heterocycles. The fourth-order valence-electron chi connectivity index (χ4n) is 6.25. The van der Waals surface area contributed by atoms with Crippen LogP contribution in [0, 0.1) is 11.2 Å². The Hall–Kier alpha value is -2.39. The van der Waals surface area contributed by atoms with E-state index in [-0.39, 0.29) is 34.6 Å². The molecule has 204 valence electrons. The van der Waals surface area contributed by atoms with Crippen molar-refractivity contribution in [3.63, 3.8) is 0 Å². The third kappa shape index (κ3) is 5.37. The third-order valence-electron chi connectivity index (χ3n) is 8.44. The fourth-order valence-corrected chi connectivity index (χ4v) is 6.55. The minimum atomic E-state index is -0.782. The van der Waals surface area contributed by atoms with Crippen molar-refractivity contribution in [3.8, 4) is 11.5 Å². The lowest BCUT2D eigenvalue weighted by atomic mass is 9.54. The quantitative estimate of drug-likeness (QED) is 0.427. The first-order valence-corrected chi connectivity index (χ1v) is 13.6. The number of nitrogens with one attached hydrogen (secondary N) is 2. The van der Waals surface area contributed by atoms with E-state index in [0.29, 0.717) is 55.7 Å². The highest BCUT2D eigenvalue weighted by molar-refractivity contribution is 6.31. The summed E-state index contributed by atoms with van der Waals surface area (Å²) in [6, 6.07) is 9.35. The van der Waals surface area contributed by atoms with Gasteiger partial charge >= 0.3 is 0 Å². The molecule has 0 spiro atoms. The van der Waals surface area contributed by atoms with Crippen LogP contribution in [-0.4, -0.2) is 48.2 Å². The molecule has 7 nitrogen and oxygen atoms in total. The second-order valence-electron chi connectivity index (χ2n) is 10.8. The van der Waals surface area contributed by atoms with Gasteiger partial charge < -0.3 is 25.2 Å². The van der Waals surface area contributed by atoms with Crippen molar-refractivity contribution < 1.29 is 28.6 Å². The highest BCUT2D eigenvalue weighted by atomic mass is 35.5. The molecule has 0 radical (unpaired) electrons. The van der Waals surface area contributed by atoms with E-state index in [4.69, 9.17) is 32.7 Å². The lowest BCUT2D eigenvalue weighted by Crippen LogP contribution is -2.65. The molecule has 1 aliphatic heterocycles. The standard InChI is InChI=1S/C28H31Cl2FN2O5/c1-32-21-12-24(38-23-5-2-16(29)10-18(21)23)22(34)13-27-6-8-28(9-7-27,25(35)14-27)33-26(36)15-37-17-3-4-19(30)20(31)11-17/h2-5,10-11,21,24-25,32,35H,6-9,12-15H2,1H3,(H,33,36)/t21?,24?,25-,27?,28?/m0/s1. The summed E-state index contributed by atoms with van der Waals surface area (Å²) in [4.78, 5) is 26.1. The number of ketones is 1. The zero-order valence-electron chi connectivity index (χ0n) is 21.1. The minimum Gasteiger partial charge on any atom is -0.484 e. The summed E-state index contributed by atoms with van der Waals surface area (Å²) in [6.45, 7) is -0.308. The molecular weight excluding hydrogens is 534 g/mol. The summed E-state index contributed by atoms with van der Waals surface area (Å²) in [5.74, 6) is -0.135. The summed E-state index contributed by atoms with van der Waals surface area (Å²) in [5.41, 5.74) is -0.134. The molecule has 3 N–H and O–H groups in total. The molecule has 3 fully saturated rings. The minimum absolute atomic E-state index is 0.0261. The molecule has 3 aliphatic carbocycles. The average molecular weight is 565 g/mol. The molecule has 0 saturated heterocycles. The Morgan fingerprint density at radius 2 is 1.92 bits per heavy atom. The van der Waals surface area contributed by atoms with Crippen LogP contribution in [0.2, 0.25) is 10.0 Å². The van der Waals surface area contributed by atoms with Crippen molar-refractivity contribution in [3.05, 3.63) is 57.8 Å². The number of Topliss-reactive ketones (excluding diaryl/α,β-unsaturated/α-hetero) is 1. The Balaban J connectivity index is 1.18. The van der Waals surface area contributed by atoms with Gasteiger partial charge in [0, 0.05) is 35.5 Å². The summed E-state index contributed by atoms with van der Waals surface area (Å²) in [7, 11) is 1.85. The van der Waals surface area contributed by atoms with E-state index in [1.165, 1.54) is 12.1 Å². The number of benzene rings is 2. The maximum absolute atomic E-state index is 13.6. The van der Waals surface area contributed by atoms with Gasteiger partial charge in [-0.3, -0.25) is 9.59 Å². The lowest BCUT2D eigenvalue weighted by Gasteiger charge is -2.56. The van der Waals surface area contributed by atoms with Crippen LogP contribution in [0.1, 0.15) is 56.6 Å². The molecule has 10 heteroatoms. The number of amides is 1. The van der Waals surface area contributed by atoms with Crippen LogP contribution in [0.15, 0.2) is 36.4 Å². The van der Waals surface area contributed by atoms with Crippen LogP contribution in [0.3, 0.4) is 0 Å². The zero-order valence-corrected chi connectivity index (χ0v) is 22.6. The van der Waals surface area contributed by atoms with Crippen molar-refractivity contribution in [1.82, 2.24) is 10.6 Å². The topological polar surface area (TPSA) is 96.9 Å². The predicted molar refractivity (Wildman–Crippen MR) is 141 cm³/mol. The first-order valence-electron chi connectivity index (χ1n) is 12.8. The fraction of sp³-hybridized carbons (Fsp3) is 0.500. The Kier molecular flexibility index (Phi) is 7.61. The van der Waals surface area contributed by atoms with E-state index in [1.54, 1.807) is 12.1 Å². The second kappa shape index (κ2) is 10.6. The SMILES string of the molecule is CNC1CC(C(=O)CC23CCC(NC(=O)COc4ccc(Cl)c(F)c4)(CC2)[C@@H](O)C3)Oc2ccc(Cl)cc21. The summed E-state index contributed by atoms with van der Waals surface area (Å²) >= 11 is 11.8. The van der Waals surface area contributed by atoms with Gasteiger partial charge in [-0.2, -0.15) is 0 Å². The Bertz CT molecular complexity index is 1230. The molecule has 2 aromatic rings. The van der Waals surface area contributed by atoms with Crippen LogP contribution in [-0.2, 0) is 9.59 Å². The van der Waals surface area contributed by atoms with Gasteiger partial charge in [-0.05, 0) is 74.9 Å². The normalized spacial score (nSPS) is 29.8. The molecule has 0 aromatic heterocycles. The van der Waals surface area contributed by atoms with Gasteiger partial charge in [0.1, 0.15) is 17.3 Å². The van der Waals surface area contributed by atoms with Gasteiger partial charge in [-0.1, -0.05) is 23.2 Å². The van der Waals surface area contributed by atoms with Crippen molar-refractivity contribution in [2.75, 3.05) is 13.7 Å². The number of halogens is 3. The number of fused-ring (bicyclic) bond motifs is 4. The summed E-state index contributed by atoms with van der Waals surface area (Å²) in [6.07, 6.45) is 2.47. The second-order valence-corrected chi connectivity index (χ2v) is 11.6. The van der Waals surface area contributed by atoms with E-state index in [2.05, 4.69) is 10.6 Å². The van der Waals surface area contributed by atoms with Crippen LogP contribution in [0.4, 0.5) is 4.39 Å². The largest absolute Gasteiger partial charge is 0.484 e. The first kappa shape index (κ1) is 27.2. The summed E-state index contributed by atoms with van der Waals surface area (Å²) < 4.78 is 25.1. The van der Waals surface area contributed by atoms with E-state index in [1.807, 2.05) is 13.1 Å². The average Bonchev–Trinajstić information content (AvgIpc) is 2.89. The van der Waals surface area contributed by atoms with E-state index < -0.39 is 29.5 Å². The third-order valence-corrected chi connectivity index (χ3v) is 8.98. The molecular formula is C28H31Cl2FN2O5. The number of ether oxygens (including phenoxy) is 2. The summed E-state index contributed by atoms with van der Waals surface area (Å²) in [5, 5.41) is 17.9. The van der Waals surface area contributed by atoms with Crippen LogP contribution in [0.25, 0.3) is 0 Å². The number of aliphatic hydroxyl groups is 1. The molecule has 2 aromatic carbocycles. The smallest absolute Gasteiger partial charge is 0.258 e. The van der Waals surface area contributed by atoms with Crippen molar-refractivity contribution in [2.45, 2.75) is 68.7 Å². The highest BCUT2D eigenvalue weighted by Crippen LogP contribution is 2.54. The van der Waals surface area contributed by atoms with Crippen molar-refractivity contribution in [1.29, 1.82) is 0 Å². The van der Waals surface area contributed by atoms with Gasteiger partial charge in [-0.15, -0.1) is 0 Å². The number of rotatable bonds is 8. The molecule has 6 rings (SSSR count). The zero-order chi connectivity index (χ0) is 27.1. The first-order chi connectivity index (χ1) is 18.1. The number of carbonyl (C=O) groups excluding carboxylic acids is 2. The molecule has 4 aliphatic rings. The van der Waals surface area contributed by atoms with E-state index >= 15 is 0 Å². The number of hydrogen-bond acceptors (Lipinski definition) is 6. The van der Waals surface area contributed by atoms with Crippen LogP contribution in [0.5, 0.6) is 11.5 Å². The molecule has 38 heavy (non-hydrogen) atoms. The molecule has 3 atom stereocenters. The highest BCUT2D eigenvalue weighted by Gasteiger charge is 2.55. The van der Waals surface area contributed by atoms with Gasteiger partial charge in [0.25, 0.3) is 5.91 Å². The predicted octanol–water partition coefficient (Wildman–Crippen LogP) is 4.76. The molecule has 3 saturated carbocycles. The maximum Gasteiger partial charge on any atom is 0.258 e. The maximum atomic E-state index is 13.6. The number of carbonyl (C=O) groups is 2. The van der Waals surface area contributed by atoms with Gasteiger partial charge in [0.05, 0.1) is 16.7 Å². The van der Waals surface area contributed by atoms with Gasteiger partial charge in [0.15, 0.2) is 18.5 Å². The Morgan fingerprint density at radius 1 is 1.16 bits per heavy atom. The van der Waals surface area contributed by atoms with E-state index in [0.717, 1.165) is 11.6 Å². The Labute approximate surface area is 231 Å². The monoisotopic (exact) mass is 564 g/mol. The van der Waals surface area contributed by atoms with Crippen LogP contribution >= 0.6 is 23.2 Å². The molecule has 2 bridgehead atoms. The van der Waals surface area contributed by atoms with E-state index in [9.17, 15) is 19.1 Å².